The van der Waals surface area contributed by atoms with Gasteiger partial charge in [0.25, 0.3) is 0 Å². The van der Waals surface area contributed by atoms with Crippen molar-refractivity contribution in [3.63, 3.8) is 0 Å². The van der Waals surface area contributed by atoms with Crippen LogP contribution in [0.5, 0.6) is 0 Å². The Morgan fingerprint density at radius 2 is 2.00 bits per heavy atom. The molecule has 2 bridgehead atoms. The first kappa shape index (κ1) is 11.5. The molecule has 2 aliphatic heterocycles. The Morgan fingerprint density at radius 3 is 2.65 bits per heavy atom. The van der Waals surface area contributed by atoms with E-state index in [2.05, 4.69) is 20.8 Å². The molecule has 2 fully saturated rings. The summed E-state index contributed by atoms with van der Waals surface area (Å²) in [6.45, 7) is 1.87. The van der Waals surface area contributed by atoms with Gasteiger partial charge >= 0.3 is 0 Å². The van der Waals surface area contributed by atoms with Crippen molar-refractivity contribution in [1.29, 1.82) is 0 Å². The molecule has 0 aromatic heterocycles. The number of ether oxygens (including phenoxy) is 1. The summed E-state index contributed by atoms with van der Waals surface area (Å²) in [5.41, 5.74) is 2.16. The molecule has 0 N–H and O–H groups in total. The van der Waals surface area contributed by atoms with Crippen LogP contribution in [0.25, 0.3) is 0 Å². The van der Waals surface area contributed by atoms with Crippen LogP contribution in [-0.4, -0.2) is 25.3 Å². The van der Waals surface area contributed by atoms with Gasteiger partial charge in [0.15, 0.2) is 0 Å². The van der Waals surface area contributed by atoms with Gasteiger partial charge in [-0.15, -0.1) is 0 Å². The Hall–Kier alpha value is -0.610. The number of rotatable bonds is 2. The van der Waals surface area contributed by atoms with Gasteiger partial charge in [0, 0.05) is 24.1 Å². The fourth-order valence-corrected chi connectivity index (χ4v) is 3.23. The molecule has 1 aromatic carbocycles. The van der Waals surface area contributed by atoms with Crippen LogP contribution in [0, 0.1) is 5.82 Å². The van der Waals surface area contributed by atoms with Crippen LogP contribution >= 0.6 is 15.9 Å². The van der Waals surface area contributed by atoms with E-state index in [-0.39, 0.29) is 5.82 Å². The van der Waals surface area contributed by atoms with E-state index in [9.17, 15) is 4.39 Å². The highest BCUT2D eigenvalue weighted by molar-refractivity contribution is 9.08. The molecule has 2 saturated heterocycles. The van der Waals surface area contributed by atoms with Crippen molar-refractivity contribution in [3.8, 4) is 0 Å². The van der Waals surface area contributed by atoms with Gasteiger partial charge in [0.05, 0.1) is 12.2 Å². The molecule has 92 valence electrons. The molecule has 3 rings (SSSR count). The molecule has 1 aromatic rings. The smallest absolute Gasteiger partial charge is 0.123 e. The van der Waals surface area contributed by atoms with E-state index in [0.29, 0.717) is 17.5 Å². The molecule has 2 atom stereocenters. The number of anilines is 1. The number of nitrogens with zero attached hydrogens (tertiary/aromatic N) is 1. The van der Waals surface area contributed by atoms with Crippen LogP contribution in [-0.2, 0) is 10.1 Å². The lowest BCUT2D eigenvalue weighted by Gasteiger charge is -2.35. The van der Waals surface area contributed by atoms with E-state index in [0.717, 1.165) is 37.2 Å². The lowest BCUT2D eigenvalue weighted by molar-refractivity contribution is 0.0304. The van der Waals surface area contributed by atoms with Crippen LogP contribution in [0.4, 0.5) is 10.1 Å². The summed E-state index contributed by atoms with van der Waals surface area (Å²) in [7, 11) is 0. The van der Waals surface area contributed by atoms with E-state index in [1.165, 1.54) is 0 Å². The first-order valence-electron chi connectivity index (χ1n) is 6.01. The summed E-state index contributed by atoms with van der Waals surface area (Å²) in [6, 6.07) is 5.04. The predicted octanol–water partition coefficient (Wildman–Crippen LogP) is 3.09. The normalized spacial score (nSPS) is 27.5. The summed E-state index contributed by atoms with van der Waals surface area (Å²) < 4.78 is 19.0. The molecule has 4 heteroatoms. The van der Waals surface area contributed by atoms with Gasteiger partial charge in [0.2, 0.25) is 0 Å². The summed E-state index contributed by atoms with van der Waals surface area (Å²) in [6.07, 6.45) is 3.04. The Balaban J connectivity index is 1.88. The molecule has 2 nitrogen and oxygen atoms in total. The molecule has 0 spiro atoms. The third-order valence-electron chi connectivity index (χ3n) is 3.57. The fraction of sp³-hybridized carbons (Fsp3) is 0.538. The van der Waals surface area contributed by atoms with Crippen LogP contribution in [0.15, 0.2) is 18.2 Å². The van der Waals surface area contributed by atoms with Crippen molar-refractivity contribution in [1.82, 2.24) is 0 Å². The number of benzene rings is 1. The molecule has 2 aliphatic rings. The number of halogens is 2. The predicted molar refractivity (Wildman–Crippen MR) is 69.1 cm³/mol. The molecule has 2 unspecified atom stereocenters. The van der Waals surface area contributed by atoms with Crippen molar-refractivity contribution in [2.45, 2.75) is 30.4 Å². The van der Waals surface area contributed by atoms with Crippen molar-refractivity contribution < 1.29 is 9.13 Å². The highest BCUT2D eigenvalue weighted by atomic mass is 79.9. The number of fused-ring (bicyclic) bond motifs is 2. The minimum atomic E-state index is -0.167. The quantitative estimate of drug-likeness (QED) is 0.778. The second-order valence-electron chi connectivity index (χ2n) is 4.77. The zero-order chi connectivity index (χ0) is 11.8. The summed E-state index contributed by atoms with van der Waals surface area (Å²) in [5, 5.41) is 0.687. The zero-order valence-corrected chi connectivity index (χ0v) is 11.1. The molecule has 0 radical (unpaired) electrons. The first-order valence-corrected chi connectivity index (χ1v) is 7.13. The maximum absolute atomic E-state index is 13.2. The SMILES string of the molecule is Fc1ccc(N2CC3CCC(C2)O3)c(CBr)c1. The van der Waals surface area contributed by atoms with Gasteiger partial charge in [-0.25, -0.2) is 4.39 Å². The summed E-state index contributed by atoms with van der Waals surface area (Å²) >= 11 is 3.43. The van der Waals surface area contributed by atoms with Crippen LogP contribution in [0.2, 0.25) is 0 Å². The largest absolute Gasteiger partial charge is 0.371 e. The summed E-state index contributed by atoms with van der Waals surface area (Å²) in [5.74, 6) is -0.167. The van der Waals surface area contributed by atoms with Gasteiger partial charge in [0.1, 0.15) is 5.82 Å². The number of hydrogen-bond donors (Lipinski definition) is 0. The Kier molecular flexibility index (Phi) is 3.09. The van der Waals surface area contributed by atoms with E-state index < -0.39 is 0 Å². The zero-order valence-electron chi connectivity index (χ0n) is 9.53. The van der Waals surface area contributed by atoms with E-state index in [1.807, 2.05) is 6.07 Å². The highest BCUT2D eigenvalue weighted by Gasteiger charge is 2.34. The lowest BCUT2D eigenvalue weighted by Crippen LogP contribution is -2.43. The first-order chi connectivity index (χ1) is 8.26. The second kappa shape index (κ2) is 4.58. The third kappa shape index (κ3) is 2.20. The Morgan fingerprint density at radius 1 is 1.29 bits per heavy atom. The van der Waals surface area contributed by atoms with E-state index in [4.69, 9.17) is 4.74 Å². The lowest BCUT2D eigenvalue weighted by atomic mass is 10.1. The average Bonchev–Trinajstić information content (AvgIpc) is 2.68. The van der Waals surface area contributed by atoms with Gasteiger partial charge in [-0.3, -0.25) is 0 Å². The third-order valence-corrected chi connectivity index (χ3v) is 4.17. The number of hydrogen-bond acceptors (Lipinski definition) is 2. The number of morpholine rings is 1. The van der Waals surface area contributed by atoms with Crippen molar-refractivity contribution in [2.24, 2.45) is 0 Å². The number of alkyl halides is 1. The second-order valence-corrected chi connectivity index (χ2v) is 5.33. The van der Waals surface area contributed by atoms with Crippen molar-refractivity contribution >= 4 is 21.6 Å². The van der Waals surface area contributed by atoms with E-state index in [1.54, 1.807) is 12.1 Å². The van der Waals surface area contributed by atoms with Crippen LogP contribution in [0.3, 0.4) is 0 Å². The summed E-state index contributed by atoms with van der Waals surface area (Å²) in [4.78, 5) is 2.34. The molecule has 0 aliphatic carbocycles. The van der Waals surface area contributed by atoms with Gasteiger partial charge in [-0.1, -0.05) is 15.9 Å². The minimum absolute atomic E-state index is 0.167. The molecule has 2 heterocycles. The van der Waals surface area contributed by atoms with Gasteiger partial charge < -0.3 is 9.64 Å². The van der Waals surface area contributed by atoms with Gasteiger partial charge in [-0.05, 0) is 36.6 Å². The molecule has 0 saturated carbocycles. The van der Waals surface area contributed by atoms with Crippen LogP contribution in [0.1, 0.15) is 18.4 Å². The van der Waals surface area contributed by atoms with E-state index >= 15 is 0 Å². The highest BCUT2D eigenvalue weighted by Crippen LogP contribution is 2.32. The average molecular weight is 300 g/mol. The van der Waals surface area contributed by atoms with Crippen molar-refractivity contribution in [3.05, 3.63) is 29.6 Å². The molecular weight excluding hydrogens is 285 g/mol. The van der Waals surface area contributed by atoms with Crippen LogP contribution < -0.4 is 4.90 Å². The maximum atomic E-state index is 13.2. The Labute approximate surface area is 109 Å². The molecule has 17 heavy (non-hydrogen) atoms. The maximum Gasteiger partial charge on any atom is 0.123 e. The fourth-order valence-electron chi connectivity index (χ4n) is 2.78. The van der Waals surface area contributed by atoms with Crippen molar-refractivity contribution in [2.75, 3.05) is 18.0 Å². The van der Waals surface area contributed by atoms with Gasteiger partial charge in [-0.2, -0.15) is 0 Å². The minimum Gasteiger partial charge on any atom is -0.371 e. The topological polar surface area (TPSA) is 12.5 Å². The molecule has 0 amide bonds. The monoisotopic (exact) mass is 299 g/mol. The molecular formula is C13H15BrFNO. The standard InChI is InChI=1S/C13H15BrFNO/c14-6-9-5-10(15)1-4-13(9)16-7-11-2-3-12(8-16)17-11/h1,4-5,11-12H,2-3,6-8H2. The Bertz CT molecular complexity index is 414.